The quantitative estimate of drug-likeness (QED) is 0.492. The molecule has 0 heterocycles. The molecule has 0 aliphatic carbocycles. The highest BCUT2D eigenvalue weighted by Gasteiger charge is 2.18. The van der Waals surface area contributed by atoms with Crippen molar-refractivity contribution in [1.82, 2.24) is 5.32 Å². The molecule has 1 amide bonds. The summed E-state index contributed by atoms with van der Waals surface area (Å²) >= 11 is 0. The number of hydrogen-bond acceptors (Lipinski definition) is 4. The second-order valence-electron chi connectivity index (χ2n) is 2.67. The van der Waals surface area contributed by atoms with Crippen LogP contribution in [0.5, 0.6) is 0 Å². The van der Waals surface area contributed by atoms with Crippen LogP contribution in [0.4, 0.5) is 4.79 Å². The topological polar surface area (TPSA) is 92.7 Å². The smallest absolute Gasteiger partial charge is 0.407 e. The van der Waals surface area contributed by atoms with Crippen molar-refractivity contribution in [2.75, 3.05) is 7.11 Å². The van der Waals surface area contributed by atoms with Crippen LogP contribution in [-0.2, 0) is 14.3 Å². The molecule has 0 aromatic rings. The molecule has 0 saturated carbocycles. The van der Waals surface area contributed by atoms with Gasteiger partial charge in [-0.05, 0) is 18.9 Å². The van der Waals surface area contributed by atoms with Gasteiger partial charge in [0.05, 0.1) is 7.11 Å². The molecule has 0 rings (SSSR count). The van der Waals surface area contributed by atoms with E-state index in [2.05, 4.69) is 10.1 Å². The number of amides is 1. The summed E-state index contributed by atoms with van der Waals surface area (Å²) in [4.78, 5) is 31.3. The molecule has 0 aliphatic rings. The lowest BCUT2D eigenvalue weighted by Crippen LogP contribution is -2.40. The van der Waals surface area contributed by atoms with Gasteiger partial charge in [0, 0.05) is 0 Å². The van der Waals surface area contributed by atoms with E-state index in [-0.39, 0.29) is 6.42 Å². The van der Waals surface area contributed by atoms with E-state index in [0.717, 1.165) is 7.11 Å². The van der Waals surface area contributed by atoms with Gasteiger partial charge in [-0.25, -0.2) is 9.59 Å². The predicted molar refractivity (Wildman–Crippen MR) is 51.4 cm³/mol. The maximum Gasteiger partial charge on any atom is 0.407 e. The normalized spacial score (nSPS) is 12.1. The van der Waals surface area contributed by atoms with Crippen LogP contribution in [0.15, 0.2) is 12.2 Å². The Bertz CT molecular complexity index is 261. The zero-order valence-corrected chi connectivity index (χ0v) is 8.30. The zero-order chi connectivity index (χ0) is 11.7. The van der Waals surface area contributed by atoms with Crippen LogP contribution in [-0.4, -0.2) is 36.6 Å². The van der Waals surface area contributed by atoms with E-state index in [1.54, 1.807) is 0 Å². The maximum absolute atomic E-state index is 10.7. The van der Waals surface area contributed by atoms with Gasteiger partial charge in [-0.3, -0.25) is 4.79 Å². The first-order chi connectivity index (χ1) is 7.11. The summed E-state index contributed by atoms with van der Waals surface area (Å²) in [5.41, 5.74) is 0. The molecule has 0 bridgehead atoms. The summed E-state index contributed by atoms with van der Waals surface area (Å²) in [6, 6.07) is -1.01. The number of carboxylic acids is 1. The monoisotopic (exact) mass is 215 g/mol. The van der Waals surface area contributed by atoms with Crippen LogP contribution in [0.3, 0.4) is 0 Å². The van der Waals surface area contributed by atoms with E-state index in [1.165, 1.54) is 12.2 Å². The molecule has 2 N–H and O–H groups in total. The van der Waals surface area contributed by atoms with E-state index in [4.69, 9.17) is 5.11 Å². The molecule has 6 nitrogen and oxygen atoms in total. The molecule has 6 heteroatoms. The van der Waals surface area contributed by atoms with Crippen molar-refractivity contribution in [1.29, 1.82) is 0 Å². The summed E-state index contributed by atoms with van der Waals surface area (Å²) < 4.78 is 4.27. The lowest BCUT2D eigenvalue weighted by Gasteiger charge is -2.11. The molecule has 0 spiro atoms. The van der Waals surface area contributed by atoms with Crippen LogP contribution in [0, 0.1) is 0 Å². The van der Waals surface area contributed by atoms with Gasteiger partial charge in [0.15, 0.2) is 0 Å². The number of carbonyl (C=O) groups excluding carboxylic acids is 2. The van der Waals surface area contributed by atoms with E-state index < -0.39 is 18.1 Å². The van der Waals surface area contributed by atoms with Crippen molar-refractivity contribution in [3.8, 4) is 0 Å². The van der Waals surface area contributed by atoms with Crippen LogP contribution in [0.1, 0.15) is 12.8 Å². The number of ether oxygens (including phenoxy) is 1. The average Bonchev–Trinajstić information content (AvgIpc) is 2.21. The zero-order valence-electron chi connectivity index (χ0n) is 8.30. The summed E-state index contributed by atoms with van der Waals surface area (Å²) in [6.07, 6.45) is 3.21. The number of allylic oxidation sites excluding steroid dienone is 2. The minimum Gasteiger partial charge on any atom is -0.480 e. The Morgan fingerprint density at radius 2 is 2.20 bits per heavy atom. The van der Waals surface area contributed by atoms with E-state index in [0.29, 0.717) is 12.7 Å². The molecule has 1 unspecified atom stereocenters. The third-order valence-corrected chi connectivity index (χ3v) is 1.61. The third kappa shape index (κ3) is 6.25. The first kappa shape index (κ1) is 13.2. The molecule has 0 aliphatic heterocycles. The fourth-order valence-electron chi connectivity index (χ4n) is 0.873. The second-order valence-corrected chi connectivity index (χ2v) is 2.67. The fraction of sp³-hybridized carbons (Fsp3) is 0.444. The predicted octanol–water partition coefficient (Wildman–Crippen LogP) is 0.331. The first-order valence-corrected chi connectivity index (χ1v) is 4.29. The van der Waals surface area contributed by atoms with Gasteiger partial charge in [0.25, 0.3) is 0 Å². The van der Waals surface area contributed by atoms with Gasteiger partial charge < -0.3 is 15.2 Å². The molecular weight excluding hydrogens is 202 g/mol. The number of carboxylic acid groups (broad SMARTS) is 1. The Hall–Kier alpha value is -1.85. The molecule has 15 heavy (non-hydrogen) atoms. The highest BCUT2D eigenvalue weighted by atomic mass is 16.5. The van der Waals surface area contributed by atoms with Crippen molar-refractivity contribution >= 4 is 18.3 Å². The van der Waals surface area contributed by atoms with Crippen LogP contribution in [0.25, 0.3) is 0 Å². The molecular formula is C9H13NO5. The minimum absolute atomic E-state index is 0.203. The molecule has 0 fully saturated rings. The number of methoxy groups -OCH3 is 1. The summed E-state index contributed by atoms with van der Waals surface area (Å²) in [7, 11) is 1.15. The Morgan fingerprint density at radius 3 is 2.67 bits per heavy atom. The number of alkyl carbamates (subject to hydrolysis) is 1. The van der Waals surface area contributed by atoms with Gasteiger partial charge in [-0.1, -0.05) is 6.08 Å². The number of nitrogens with one attached hydrogen (secondary N) is 1. The maximum atomic E-state index is 10.7. The highest BCUT2D eigenvalue weighted by Crippen LogP contribution is 1.99. The fourth-order valence-corrected chi connectivity index (χ4v) is 0.873. The first-order valence-electron chi connectivity index (χ1n) is 4.29. The van der Waals surface area contributed by atoms with E-state index >= 15 is 0 Å². The number of aldehydes is 1. The van der Waals surface area contributed by atoms with Gasteiger partial charge in [-0.15, -0.1) is 0 Å². The van der Waals surface area contributed by atoms with Gasteiger partial charge in [0.2, 0.25) is 0 Å². The van der Waals surface area contributed by atoms with Crippen LogP contribution in [0.2, 0.25) is 0 Å². The highest BCUT2D eigenvalue weighted by molar-refractivity contribution is 5.79. The van der Waals surface area contributed by atoms with Crippen molar-refractivity contribution in [2.45, 2.75) is 18.9 Å². The van der Waals surface area contributed by atoms with Crippen molar-refractivity contribution in [3.63, 3.8) is 0 Å². The summed E-state index contributed by atoms with van der Waals surface area (Å²) in [5.74, 6) is -1.14. The number of rotatable bonds is 6. The number of hydrogen-bond donors (Lipinski definition) is 2. The van der Waals surface area contributed by atoms with Crippen molar-refractivity contribution in [2.24, 2.45) is 0 Å². The second kappa shape index (κ2) is 7.54. The standard InChI is InChI=1S/C9H13NO5/c1-15-9(14)10-7(8(12)13)5-3-2-4-6-11/h2,4,6-7H,3,5H2,1H3,(H,10,14)(H,12,13). The molecule has 1 atom stereocenters. The van der Waals surface area contributed by atoms with Gasteiger partial charge in [-0.2, -0.15) is 0 Å². The van der Waals surface area contributed by atoms with Crippen LogP contribution < -0.4 is 5.32 Å². The molecule has 84 valence electrons. The Balaban J connectivity index is 4.05. The average molecular weight is 215 g/mol. The number of carbonyl (C=O) groups is 3. The molecule has 0 aromatic heterocycles. The van der Waals surface area contributed by atoms with Gasteiger partial charge in [0.1, 0.15) is 12.3 Å². The Morgan fingerprint density at radius 1 is 1.53 bits per heavy atom. The van der Waals surface area contributed by atoms with E-state index in [1.807, 2.05) is 0 Å². The summed E-state index contributed by atoms with van der Waals surface area (Å²) in [6.45, 7) is 0. The van der Waals surface area contributed by atoms with Crippen molar-refractivity contribution < 1.29 is 24.2 Å². The Labute approximate surface area is 86.9 Å². The number of aliphatic carboxylic acids is 1. The van der Waals surface area contributed by atoms with Crippen molar-refractivity contribution in [3.05, 3.63) is 12.2 Å². The third-order valence-electron chi connectivity index (χ3n) is 1.61. The molecule has 0 aromatic carbocycles. The summed E-state index contributed by atoms with van der Waals surface area (Å²) in [5, 5.41) is 10.9. The Kier molecular flexibility index (Phi) is 6.61. The van der Waals surface area contributed by atoms with Gasteiger partial charge >= 0.3 is 12.1 Å². The lowest BCUT2D eigenvalue weighted by molar-refractivity contribution is -0.139. The minimum atomic E-state index is -1.14. The van der Waals surface area contributed by atoms with E-state index in [9.17, 15) is 14.4 Å². The molecule has 0 radical (unpaired) electrons. The molecule has 0 saturated heterocycles. The van der Waals surface area contributed by atoms with Crippen LogP contribution >= 0.6 is 0 Å². The SMILES string of the molecule is COC(=O)NC(CCC=CC=O)C(=O)O. The lowest BCUT2D eigenvalue weighted by atomic mass is 10.1. The largest absolute Gasteiger partial charge is 0.480 e.